The van der Waals surface area contributed by atoms with Crippen molar-refractivity contribution in [2.75, 3.05) is 0 Å². The van der Waals surface area contributed by atoms with E-state index in [1.165, 1.54) is 0 Å². The molecular formula is C16H19NO2. The zero-order valence-corrected chi connectivity index (χ0v) is 11.3. The molecule has 0 spiro atoms. The van der Waals surface area contributed by atoms with Crippen molar-refractivity contribution in [2.45, 2.75) is 32.8 Å². The zero-order valence-electron chi connectivity index (χ0n) is 11.3. The van der Waals surface area contributed by atoms with Crippen LogP contribution in [-0.2, 0) is 0 Å². The van der Waals surface area contributed by atoms with Crippen LogP contribution in [0.1, 0.15) is 37.0 Å². The first-order chi connectivity index (χ1) is 9.17. The summed E-state index contributed by atoms with van der Waals surface area (Å²) >= 11 is 0. The lowest BCUT2D eigenvalue weighted by molar-refractivity contribution is 0.0588. The molecule has 1 aromatic heterocycles. The molecule has 1 heterocycles. The lowest BCUT2D eigenvalue weighted by Gasteiger charge is -2.18. The molecule has 0 amide bonds. The molecule has 0 bridgehead atoms. The number of benzene rings is 1. The van der Waals surface area contributed by atoms with Gasteiger partial charge in [-0.3, -0.25) is 9.78 Å². The van der Waals surface area contributed by atoms with Crippen LogP contribution in [0.5, 0.6) is 0 Å². The van der Waals surface area contributed by atoms with Gasteiger partial charge < -0.3 is 5.11 Å². The Hall–Kier alpha value is -1.74. The molecule has 3 nitrogen and oxygen atoms in total. The summed E-state index contributed by atoms with van der Waals surface area (Å²) in [5.41, 5.74) is 1.34. The van der Waals surface area contributed by atoms with Gasteiger partial charge in [-0.05, 0) is 18.1 Å². The van der Waals surface area contributed by atoms with Gasteiger partial charge in [0.25, 0.3) is 0 Å². The molecular weight excluding hydrogens is 238 g/mol. The number of carbonyl (C=O) groups is 1. The Labute approximate surface area is 113 Å². The van der Waals surface area contributed by atoms with Crippen molar-refractivity contribution < 1.29 is 9.90 Å². The van der Waals surface area contributed by atoms with E-state index < -0.39 is 6.10 Å². The molecule has 0 aliphatic carbocycles. The monoisotopic (exact) mass is 257 g/mol. The lowest BCUT2D eigenvalue weighted by atomic mass is 9.91. The van der Waals surface area contributed by atoms with Gasteiger partial charge >= 0.3 is 0 Å². The normalized spacial score (nSPS) is 12.8. The maximum Gasteiger partial charge on any atom is 0.193 e. The second-order valence-electron chi connectivity index (χ2n) is 4.80. The number of hydrogen-bond donors (Lipinski definition) is 1. The van der Waals surface area contributed by atoms with Gasteiger partial charge in [-0.15, -0.1) is 0 Å². The van der Waals surface area contributed by atoms with Crippen molar-refractivity contribution in [1.29, 1.82) is 0 Å². The highest BCUT2D eigenvalue weighted by molar-refractivity contribution is 6.01. The van der Waals surface area contributed by atoms with Gasteiger partial charge in [0.05, 0.1) is 5.52 Å². The highest BCUT2D eigenvalue weighted by Gasteiger charge is 2.24. The number of aromatic nitrogens is 1. The van der Waals surface area contributed by atoms with E-state index in [2.05, 4.69) is 4.98 Å². The van der Waals surface area contributed by atoms with Crippen molar-refractivity contribution in [2.24, 2.45) is 5.92 Å². The molecule has 0 saturated heterocycles. The summed E-state index contributed by atoms with van der Waals surface area (Å²) in [5.74, 6) is -0.217. The number of rotatable bonds is 5. The Kier molecular flexibility index (Phi) is 4.27. The number of aliphatic hydroxyl groups is 1. The summed E-state index contributed by atoms with van der Waals surface area (Å²) in [6.45, 7) is 3.98. The summed E-state index contributed by atoms with van der Waals surface area (Å²) in [5, 5.41) is 11.0. The third-order valence-corrected chi connectivity index (χ3v) is 3.64. The molecule has 1 atom stereocenters. The van der Waals surface area contributed by atoms with Crippen molar-refractivity contribution in [1.82, 2.24) is 4.98 Å². The number of para-hydroxylation sites is 1. The van der Waals surface area contributed by atoms with E-state index in [-0.39, 0.29) is 11.7 Å². The van der Waals surface area contributed by atoms with E-state index in [0.717, 1.165) is 23.7 Å². The van der Waals surface area contributed by atoms with Crippen LogP contribution in [0, 0.1) is 5.92 Å². The fourth-order valence-electron chi connectivity index (χ4n) is 2.33. The van der Waals surface area contributed by atoms with Crippen molar-refractivity contribution >= 4 is 16.7 Å². The van der Waals surface area contributed by atoms with Crippen LogP contribution in [0.4, 0.5) is 0 Å². The number of carbonyl (C=O) groups excluding carboxylic acids is 1. The average molecular weight is 257 g/mol. The zero-order chi connectivity index (χ0) is 13.8. The Morgan fingerprint density at radius 3 is 2.63 bits per heavy atom. The maximum absolute atomic E-state index is 12.3. The fraction of sp³-hybridized carbons (Fsp3) is 0.375. The molecule has 1 N–H and O–H groups in total. The van der Waals surface area contributed by atoms with Gasteiger partial charge in [-0.2, -0.15) is 0 Å². The smallest absolute Gasteiger partial charge is 0.193 e. The van der Waals surface area contributed by atoms with Crippen LogP contribution in [0.2, 0.25) is 0 Å². The van der Waals surface area contributed by atoms with E-state index in [1.54, 1.807) is 12.3 Å². The molecule has 0 aliphatic heterocycles. The Morgan fingerprint density at radius 1 is 1.26 bits per heavy atom. The second-order valence-corrected chi connectivity index (χ2v) is 4.80. The Balaban J connectivity index is 2.30. The predicted molar refractivity (Wildman–Crippen MR) is 76.2 cm³/mol. The third kappa shape index (κ3) is 2.82. The average Bonchev–Trinajstić information content (AvgIpc) is 2.47. The van der Waals surface area contributed by atoms with Crippen LogP contribution in [0.3, 0.4) is 0 Å². The first kappa shape index (κ1) is 13.7. The number of aliphatic hydroxyl groups excluding tert-OH is 1. The molecule has 1 aromatic carbocycles. The Morgan fingerprint density at radius 2 is 1.95 bits per heavy atom. The summed E-state index contributed by atoms with van der Waals surface area (Å²) in [6.07, 6.45) is 2.21. The molecule has 2 aromatic rings. The molecule has 19 heavy (non-hydrogen) atoms. The molecule has 0 saturated carbocycles. The number of Topliss-reactive ketones (excluding diaryl/α,β-unsaturated/α-hetero) is 1. The molecule has 0 fully saturated rings. The standard InChI is InChI=1S/C16H19NO2/c1-3-11(4-2)15(18)16(19)13-9-12-7-5-6-8-14(12)17-10-13/h5-11,15,18H,3-4H2,1-2H3. The van der Waals surface area contributed by atoms with Crippen LogP contribution in [0.15, 0.2) is 36.5 Å². The number of fused-ring (bicyclic) bond motifs is 1. The van der Waals surface area contributed by atoms with Gasteiger partial charge in [-0.1, -0.05) is 44.9 Å². The van der Waals surface area contributed by atoms with Gasteiger partial charge in [0.15, 0.2) is 5.78 Å². The first-order valence-corrected chi connectivity index (χ1v) is 6.74. The number of pyridine rings is 1. The topological polar surface area (TPSA) is 50.2 Å². The number of nitrogens with zero attached hydrogens (tertiary/aromatic N) is 1. The summed E-state index contributed by atoms with van der Waals surface area (Å²) in [7, 11) is 0. The van der Waals surface area contributed by atoms with Crippen molar-refractivity contribution in [3.63, 3.8) is 0 Å². The van der Waals surface area contributed by atoms with E-state index >= 15 is 0 Å². The Bertz CT molecular complexity index is 576. The van der Waals surface area contributed by atoms with E-state index in [4.69, 9.17) is 0 Å². The highest BCUT2D eigenvalue weighted by Crippen LogP contribution is 2.19. The maximum atomic E-state index is 12.3. The lowest BCUT2D eigenvalue weighted by Crippen LogP contribution is -2.29. The van der Waals surface area contributed by atoms with Crippen molar-refractivity contribution in [3.8, 4) is 0 Å². The molecule has 2 rings (SSSR count). The number of hydrogen-bond acceptors (Lipinski definition) is 3. The van der Waals surface area contributed by atoms with E-state index in [0.29, 0.717) is 5.56 Å². The molecule has 0 radical (unpaired) electrons. The molecule has 1 unspecified atom stereocenters. The summed E-state index contributed by atoms with van der Waals surface area (Å²) in [6, 6.07) is 9.45. The summed E-state index contributed by atoms with van der Waals surface area (Å²) in [4.78, 5) is 16.5. The quantitative estimate of drug-likeness (QED) is 0.837. The van der Waals surface area contributed by atoms with Crippen molar-refractivity contribution in [3.05, 3.63) is 42.1 Å². The van der Waals surface area contributed by atoms with Crippen LogP contribution in [0.25, 0.3) is 10.9 Å². The molecule has 3 heteroatoms. The predicted octanol–water partition coefficient (Wildman–Crippen LogP) is 3.21. The second kappa shape index (κ2) is 5.93. The van der Waals surface area contributed by atoms with Gasteiger partial charge in [-0.25, -0.2) is 0 Å². The van der Waals surface area contributed by atoms with Gasteiger partial charge in [0, 0.05) is 17.1 Å². The minimum atomic E-state index is -0.932. The van der Waals surface area contributed by atoms with E-state index in [1.807, 2.05) is 38.1 Å². The first-order valence-electron chi connectivity index (χ1n) is 6.74. The highest BCUT2D eigenvalue weighted by atomic mass is 16.3. The van der Waals surface area contributed by atoms with E-state index in [9.17, 15) is 9.90 Å². The SMILES string of the molecule is CCC(CC)C(O)C(=O)c1cnc2ccccc2c1. The third-order valence-electron chi connectivity index (χ3n) is 3.64. The largest absolute Gasteiger partial charge is 0.385 e. The van der Waals surface area contributed by atoms with Gasteiger partial charge in [0.1, 0.15) is 6.10 Å². The van der Waals surface area contributed by atoms with Crippen LogP contribution in [-0.4, -0.2) is 22.0 Å². The minimum Gasteiger partial charge on any atom is -0.385 e. The molecule has 100 valence electrons. The van der Waals surface area contributed by atoms with Gasteiger partial charge in [0.2, 0.25) is 0 Å². The van der Waals surface area contributed by atoms with Crippen LogP contribution >= 0.6 is 0 Å². The minimum absolute atomic E-state index is 0.0129. The van der Waals surface area contributed by atoms with Crippen LogP contribution < -0.4 is 0 Å². The number of ketones is 1. The summed E-state index contributed by atoms with van der Waals surface area (Å²) < 4.78 is 0. The molecule has 0 aliphatic rings. The fourth-order valence-corrected chi connectivity index (χ4v) is 2.33.